The molecule has 0 saturated carbocycles. The van der Waals surface area contributed by atoms with Crippen LogP contribution in [0, 0.1) is 11.3 Å². The van der Waals surface area contributed by atoms with Crippen molar-refractivity contribution in [3.63, 3.8) is 0 Å². The molecule has 2 aromatic heterocycles. The first-order chi connectivity index (χ1) is 9.79. The van der Waals surface area contributed by atoms with Crippen molar-refractivity contribution < 1.29 is 22.7 Å². The third-order valence-corrected chi connectivity index (χ3v) is 2.71. The second kappa shape index (κ2) is 5.21. The molecule has 10 heteroatoms. The minimum Gasteiger partial charge on any atom is -0.460 e. The van der Waals surface area contributed by atoms with Crippen molar-refractivity contribution in [2.24, 2.45) is 0 Å². The van der Waals surface area contributed by atoms with E-state index in [4.69, 9.17) is 16.9 Å². The molecule has 0 aliphatic heterocycles. The van der Waals surface area contributed by atoms with Gasteiger partial charge in [-0.15, -0.1) is 5.10 Å². The molecule has 0 N–H and O–H groups in total. The third kappa shape index (κ3) is 2.62. The summed E-state index contributed by atoms with van der Waals surface area (Å²) in [5, 5.41) is 12.1. The highest BCUT2D eigenvalue weighted by Crippen LogP contribution is 2.35. The quantitative estimate of drug-likeness (QED) is 0.627. The summed E-state index contributed by atoms with van der Waals surface area (Å²) in [5.41, 5.74) is -2.47. The predicted octanol–water partition coefficient (Wildman–Crippen LogP) is 2.45. The molecule has 0 spiro atoms. The van der Waals surface area contributed by atoms with Crippen LogP contribution in [0.2, 0.25) is 5.15 Å². The van der Waals surface area contributed by atoms with E-state index in [-0.39, 0.29) is 6.61 Å². The number of nitrogens with zero attached hydrogens (tertiary/aromatic N) is 4. The number of pyridine rings is 1. The molecule has 2 rings (SSSR count). The Morgan fingerprint density at radius 1 is 1.57 bits per heavy atom. The van der Waals surface area contributed by atoms with Gasteiger partial charge in [0.1, 0.15) is 16.8 Å². The second-order valence-corrected chi connectivity index (χ2v) is 4.14. The van der Waals surface area contributed by atoms with Gasteiger partial charge in [-0.25, -0.2) is 9.31 Å². The smallest absolute Gasteiger partial charge is 0.417 e. The van der Waals surface area contributed by atoms with Gasteiger partial charge in [0.2, 0.25) is 0 Å². The van der Waals surface area contributed by atoms with Gasteiger partial charge < -0.3 is 4.74 Å². The van der Waals surface area contributed by atoms with E-state index in [0.717, 1.165) is 4.52 Å². The van der Waals surface area contributed by atoms with E-state index in [1.54, 1.807) is 6.92 Å². The summed E-state index contributed by atoms with van der Waals surface area (Å²) >= 11 is 5.69. The van der Waals surface area contributed by atoms with Gasteiger partial charge >= 0.3 is 12.1 Å². The lowest BCUT2D eigenvalue weighted by molar-refractivity contribution is -0.137. The summed E-state index contributed by atoms with van der Waals surface area (Å²) in [5.74, 6) is -1.40. The maximum atomic E-state index is 12.9. The molecule has 0 aliphatic rings. The van der Waals surface area contributed by atoms with Gasteiger partial charge in [0, 0.05) is 0 Å². The SMILES string of the molecule is CCOC(=O)c1nc2c(C#N)c(C(F)(F)F)cc(Cl)n2n1. The Morgan fingerprint density at radius 3 is 2.76 bits per heavy atom. The molecule has 0 radical (unpaired) electrons. The number of hydrogen-bond donors (Lipinski definition) is 0. The van der Waals surface area contributed by atoms with Crippen LogP contribution in [0.15, 0.2) is 6.07 Å². The normalized spacial score (nSPS) is 11.4. The maximum Gasteiger partial charge on any atom is 0.417 e. The van der Waals surface area contributed by atoms with Crippen molar-refractivity contribution in [1.29, 1.82) is 5.26 Å². The monoisotopic (exact) mass is 318 g/mol. The van der Waals surface area contributed by atoms with Gasteiger partial charge in [0.05, 0.1) is 12.2 Å². The summed E-state index contributed by atoms with van der Waals surface area (Å²) in [7, 11) is 0. The fourth-order valence-electron chi connectivity index (χ4n) is 1.61. The molecule has 0 atom stereocenters. The van der Waals surface area contributed by atoms with Crippen molar-refractivity contribution in [3.05, 3.63) is 28.2 Å². The van der Waals surface area contributed by atoms with Crippen LogP contribution in [0.5, 0.6) is 0 Å². The zero-order valence-electron chi connectivity index (χ0n) is 10.4. The molecule has 110 valence electrons. The fraction of sp³-hybridized carbons (Fsp3) is 0.273. The first kappa shape index (κ1) is 15.1. The van der Waals surface area contributed by atoms with Crippen LogP contribution in [0.4, 0.5) is 13.2 Å². The van der Waals surface area contributed by atoms with Gasteiger partial charge in [0.25, 0.3) is 5.82 Å². The van der Waals surface area contributed by atoms with Gasteiger partial charge in [-0.1, -0.05) is 11.6 Å². The minimum absolute atomic E-state index is 0.0427. The molecule has 0 bridgehead atoms. The number of halogens is 4. The van der Waals surface area contributed by atoms with Gasteiger partial charge in [-0.05, 0) is 13.0 Å². The van der Waals surface area contributed by atoms with E-state index in [0.29, 0.717) is 6.07 Å². The first-order valence-electron chi connectivity index (χ1n) is 5.53. The van der Waals surface area contributed by atoms with E-state index in [1.807, 2.05) is 0 Å². The molecule has 0 saturated heterocycles. The van der Waals surface area contributed by atoms with Crippen LogP contribution >= 0.6 is 11.6 Å². The third-order valence-electron chi connectivity index (χ3n) is 2.44. The van der Waals surface area contributed by atoms with Crippen LogP contribution < -0.4 is 0 Å². The number of carbonyl (C=O) groups excluding carboxylic acids is 1. The first-order valence-corrected chi connectivity index (χ1v) is 5.91. The topological polar surface area (TPSA) is 80.3 Å². The Hall–Kier alpha value is -2.34. The molecular weight excluding hydrogens is 313 g/mol. The number of fused-ring (bicyclic) bond motifs is 1. The lowest BCUT2D eigenvalue weighted by Crippen LogP contribution is -2.10. The number of nitriles is 1. The standard InChI is InChI=1S/C11H6ClF3N4O2/c1-2-21-10(20)8-17-9-5(4-16)6(11(13,14)15)3-7(12)19(9)18-8/h3H,2H2,1H3. The van der Waals surface area contributed by atoms with Crippen LogP contribution in [-0.4, -0.2) is 27.2 Å². The summed E-state index contributed by atoms with van der Waals surface area (Å²) in [6.07, 6.45) is -4.79. The number of alkyl halides is 3. The number of ether oxygens (including phenoxy) is 1. The van der Waals surface area contributed by atoms with Crippen LogP contribution in [0.3, 0.4) is 0 Å². The maximum absolute atomic E-state index is 12.9. The van der Waals surface area contributed by atoms with Crippen molar-refractivity contribution in [3.8, 4) is 6.07 Å². The molecule has 2 heterocycles. The van der Waals surface area contributed by atoms with E-state index in [9.17, 15) is 18.0 Å². The van der Waals surface area contributed by atoms with Crippen LogP contribution in [0.25, 0.3) is 5.65 Å². The molecule has 0 amide bonds. The Kier molecular flexibility index (Phi) is 3.74. The molecule has 2 aromatic rings. The summed E-state index contributed by atoms with van der Waals surface area (Å²) in [6, 6.07) is 1.95. The molecule has 6 nitrogen and oxygen atoms in total. The van der Waals surface area contributed by atoms with Crippen molar-refractivity contribution >= 4 is 23.2 Å². The van der Waals surface area contributed by atoms with Crippen molar-refractivity contribution in [1.82, 2.24) is 14.6 Å². The van der Waals surface area contributed by atoms with E-state index in [2.05, 4.69) is 14.8 Å². The number of aromatic nitrogens is 3. The highest BCUT2D eigenvalue weighted by molar-refractivity contribution is 6.29. The molecular formula is C11H6ClF3N4O2. The number of hydrogen-bond acceptors (Lipinski definition) is 5. The molecule has 0 aromatic carbocycles. The van der Waals surface area contributed by atoms with Gasteiger partial charge in [-0.2, -0.15) is 23.4 Å². The van der Waals surface area contributed by atoms with Crippen LogP contribution in [0.1, 0.15) is 28.7 Å². The summed E-state index contributed by atoms with van der Waals surface area (Å²) in [6.45, 7) is 1.59. The Bertz CT molecular complexity index is 763. The molecule has 0 unspecified atom stereocenters. The lowest BCUT2D eigenvalue weighted by Gasteiger charge is -2.09. The predicted molar refractivity (Wildman–Crippen MR) is 63.7 cm³/mol. The number of esters is 1. The van der Waals surface area contributed by atoms with E-state index >= 15 is 0 Å². The average molecular weight is 319 g/mol. The van der Waals surface area contributed by atoms with Crippen molar-refractivity contribution in [2.75, 3.05) is 6.61 Å². The Labute approximate surface area is 120 Å². The van der Waals surface area contributed by atoms with E-state index < -0.39 is 39.9 Å². The molecule has 0 fully saturated rings. The minimum atomic E-state index is -4.79. The summed E-state index contributed by atoms with van der Waals surface area (Å²) < 4.78 is 44.0. The Morgan fingerprint density at radius 2 is 2.24 bits per heavy atom. The zero-order valence-corrected chi connectivity index (χ0v) is 11.2. The number of carbonyl (C=O) groups is 1. The van der Waals surface area contributed by atoms with E-state index in [1.165, 1.54) is 6.07 Å². The lowest BCUT2D eigenvalue weighted by atomic mass is 10.1. The van der Waals surface area contributed by atoms with Gasteiger partial charge in [-0.3, -0.25) is 0 Å². The summed E-state index contributed by atoms with van der Waals surface area (Å²) in [4.78, 5) is 15.1. The van der Waals surface area contributed by atoms with Gasteiger partial charge in [0.15, 0.2) is 5.65 Å². The molecule has 0 aliphatic carbocycles. The van der Waals surface area contributed by atoms with Crippen LogP contribution in [-0.2, 0) is 10.9 Å². The highest BCUT2D eigenvalue weighted by Gasteiger charge is 2.36. The zero-order chi connectivity index (χ0) is 15.8. The number of rotatable bonds is 2. The largest absolute Gasteiger partial charge is 0.460 e. The highest BCUT2D eigenvalue weighted by atomic mass is 35.5. The average Bonchev–Trinajstić information content (AvgIpc) is 2.83. The Balaban J connectivity index is 2.75. The fourth-order valence-corrected chi connectivity index (χ4v) is 1.84. The second-order valence-electron chi connectivity index (χ2n) is 3.76. The van der Waals surface area contributed by atoms with Crippen molar-refractivity contribution in [2.45, 2.75) is 13.1 Å². The molecule has 21 heavy (non-hydrogen) atoms.